The molecule has 6 heteroatoms. The van der Waals surface area contributed by atoms with Crippen LogP contribution in [0.15, 0.2) is 36.5 Å². The minimum Gasteiger partial charge on any atom is -0.452 e. The van der Waals surface area contributed by atoms with Crippen LogP contribution in [-0.2, 0) is 23.1 Å². The van der Waals surface area contributed by atoms with E-state index in [-0.39, 0.29) is 12.5 Å². The molecule has 0 aliphatic carbocycles. The number of hydrogen-bond donors (Lipinski definition) is 0. The van der Waals surface area contributed by atoms with Crippen LogP contribution in [0.5, 0.6) is 0 Å². The molecule has 0 radical (unpaired) electrons. The summed E-state index contributed by atoms with van der Waals surface area (Å²) in [5.41, 5.74) is 2.10. The predicted molar refractivity (Wildman–Crippen MR) is 81.1 cm³/mol. The summed E-state index contributed by atoms with van der Waals surface area (Å²) in [6, 6.07) is 9.63. The van der Waals surface area contributed by atoms with Gasteiger partial charge in [-0.2, -0.15) is 5.10 Å². The van der Waals surface area contributed by atoms with Gasteiger partial charge in [0, 0.05) is 26.3 Å². The van der Waals surface area contributed by atoms with E-state index in [0.717, 1.165) is 5.56 Å². The Balaban J connectivity index is 1.87. The molecule has 0 bridgehead atoms. The Morgan fingerprint density at radius 2 is 1.95 bits per heavy atom. The molecule has 2 aromatic rings. The second-order valence-electron chi connectivity index (χ2n) is 5.08. The minimum atomic E-state index is -0.535. The Bertz CT molecular complexity index is 665. The lowest BCUT2D eigenvalue weighted by Crippen LogP contribution is -2.30. The van der Waals surface area contributed by atoms with Gasteiger partial charge in [0.05, 0.1) is 6.20 Å². The molecule has 0 spiro atoms. The highest BCUT2D eigenvalue weighted by Crippen LogP contribution is 2.08. The average molecular weight is 301 g/mol. The predicted octanol–water partition coefficient (Wildman–Crippen LogP) is 1.54. The highest BCUT2D eigenvalue weighted by Gasteiger charge is 2.17. The summed E-state index contributed by atoms with van der Waals surface area (Å²) in [5.74, 6) is -0.786. The minimum absolute atomic E-state index is 0.251. The van der Waals surface area contributed by atoms with Gasteiger partial charge >= 0.3 is 5.97 Å². The summed E-state index contributed by atoms with van der Waals surface area (Å²) in [5, 5.41) is 3.98. The zero-order valence-corrected chi connectivity index (χ0v) is 12.9. The highest BCUT2D eigenvalue weighted by atomic mass is 16.5. The van der Waals surface area contributed by atoms with E-state index >= 15 is 0 Å². The molecule has 0 saturated carbocycles. The zero-order chi connectivity index (χ0) is 16.1. The topological polar surface area (TPSA) is 64.4 Å². The van der Waals surface area contributed by atoms with Crippen LogP contribution in [0, 0.1) is 6.92 Å². The second-order valence-corrected chi connectivity index (χ2v) is 5.08. The number of amides is 1. The standard InChI is InChI=1S/C16H19N3O3/c1-12-14(9-17-19(12)3)16(21)22-11-15(20)18(2)10-13-7-5-4-6-8-13/h4-9H,10-11H2,1-3H3. The van der Waals surface area contributed by atoms with Gasteiger partial charge in [-0.05, 0) is 12.5 Å². The number of hydrogen-bond acceptors (Lipinski definition) is 4. The maximum atomic E-state index is 12.0. The smallest absolute Gasteiger partial charge is 0.342 e. The summed E-state index contributed by atoms with van der Waals surface area (Å²) < 4.78 is 6.64. The van der Waals surface area contributed by atoms with Crippen LogP contribution in [0.3, 0.4) is 0 Å². The number of likely N-dealkylation sites (N-methyl/N-ethyl adjacent to an activating group) is 1. The number of ether oxygens (including phenoxy) is 1. The first-order valence-electron chi connectivity index (χ1n) is 6.92. The number of aromatic nitrogens is 2. The van der Waals surface area contributed by atoms with Crippen molar-refractivity contribution in [3.05, 3.63) is 53.3 Å². The monoisotopic (exact) mass is 301 g/mol. The van der Waals surface area contributed by atoms with Crippen molar-refractivity contribution in [2.75, 3.05) is 13.7 Å². The SMILES string of the molecule is Cc1c(C(=O)OCC(=O)N(C)Cc2ccccc2)cnn1C. The van der Waals surface area contributed by atoms with Gasteiger partial charge in [0.1, 0.15) is 5.56 Å². The van der Waals surface area contributed by atoms with Crippen LogP contribution in [0.2, 0.25) is 0 Å². The average Bonchev–Trinajstić information content (AvgIpc) is 2.85. The largest absolute Gasteiger partial charge is 0.452 e. The van der Waals surface area contributed by atoms with Crippen LogP contribution in [0.25, 0.3) is 0 Å². The summed E-state index contributed by atoms with van der Waals surface area (Å²) in [6.45, 7) is 1.96. The number of carbonyl (C=O) groups is 2. The highest BCUT2D eigenvalue weighted by molar-refractivity contribution is 5.92. The van der Waals surface area contributed by atoms with Crippen LogP contribution in [0.4, 0.5) is 0 Å². The van der Waals surface area contributed by atoms with Crippen molar-refractivity contribution in [1.82, 2.24) is 14.7 Å². The molecule has 0 saturated heterocycles. The third-order valence-corrected chi connectivity index (χ3v) is 3.47. The van der Waals surface area contributed by atoms with Crippen molar-refractivity contribution in [2.24, 2.45) is 7.05 Å². The van der Waals surface area contributed by atoms with E-state index in [2.05, 4.69) is 5.10 Å². The van der Waals surface area contributed by atoms with E-state index in [4.69, 9.17) is 4.74 Å². The fourth-order valence-corrected chi connectivity index (χ4v) is 1.96. The number of aryl methyl sites for hydroxylation is 1. The lowest BCUT2D eigenvalue weighted by atomic mass is 10.2. The van der Waals surface area contributed by atoms with Crippen LogP contribution < -0.4 is 0 Å². The zero-order valence-electron chi connectivity index (χ0n) is 12.9. The summed E-state index contributed by atoms with van der Waals surface area (Å²) >= 11 is 0. The lowest BCUT2D eigenvalue weighted by Gasteiger charge is -2.17. The molecule has 1 amide bonds. The van der Waals surface area contributed by atoms with Crippen molar-refractivity contribution in [3.63, 3.8) is 0 Å². The quantitative estimate of drug-likeness (QED) is 0.786. The number of benzene rings is 1. The van der Waals surface area contributed by atoms with Gasteiger partial charge < -0.3 is 9.64 Å². The van der Waals surface area contributed by atoms with Crippen molar-refractivity contribution < 1.29 is 14.3 Å². The molecule has 6 nitrogen and oxygen atoms in total. The Morgan fingerprint density at radius 1 is 1.27 bits per heavy atom. The first kappa shape index (κ1) is 15.8. The van der Waals surface area contributed by atoms with E-state index < -0.39 is 5.97 Å². The Labute approximate surface area is 129 Å². The molecule has 0 aliphatic heterocycles. The van der Waals surface area contributed by atoms with E-state index in [1.54, 1.807) is 25.7 Å². The molecular formula is C16H19N3O3. The fourth-order valence-electron chi connectivity index (χ4n) is 1.96. The van der Waals surface area contributed by atoms with Gasteiger partial charge in [-0.25, -0.2) is 4.79 Å². The molecule has 1 aromatic carbocycles. The molecule has 0 N–H and O–H groups in total. The third kappa shape index (κ3) is 3.72. The Kier molecular flexibility index (Phi) is 4.93. The van der Waals surface area contributed by atoms with Crippen LogP contribution in [-0.4, -0.2) is 40.2 Å². The summed E-state index contributed by atoms with van der Waals surface area (Å²) in [4.78, 5) is 25.4. The first-order valence-corrected chi connectivity index (χ1v) is 6.92. The molecule has 0 aliphatic rings. The summed E-state index contributed by atoms with van der Waals surface area (Å²) in [6.07, 6.45) is 1.44. The van der Waals surface area contributed by atoms with Gasteiger partial charge in [-0.1, -0.05) is 30.3 Å². The van der Waals surface area contributed by atoms with Gasteiger partial charge in [0.15, 0.2) is 6.61 Å². The van der Waals surface area contributed by atoms with Gasteiger partial charge in [-0.15, -0.1) is 0 Å². The van der Waals surface area contributed by atoms with Crippen LogP contribution in [0.1, 0.15) is 21.6 Å². The first-order chi connectivity index (χ1) is 10.5. The van der Waals surface area contributed by atoms with Crippen molar-refractivity contribution >= 4 is 11.9 Å². The normalized spacial score (nSPS) is 10.3. The van der Waals surface area contributed by atoms with Gasteiger partial charge in [-0.3, -0.25) is 9.48 Å². The number of nitrogens with zero attached hydrogens (tertiary/aromatic N) is 3. The van der Waals surface area contributed by atoms with Crippen LogP contribution >= 0.6 is 0 Å². The summed E-state index contributed by atoms with van der Waals surface area (Å²) in [7, 11) is 3.42. The Morgan fingerprint density at radius 3 is 2.55 bits per heavy atom. The maximum absolute atomic E-state index is 12.0. The number of carbonyl (C=O) groups excluding carboxylic acids is 2. The molecule has 0 atom stereocenters. The molecule has 2 rings (SSSR count). The molecule has 116 valence electrons. The van der Waals surface area contributed by atoms with Crippen molar-refractivity contribution in [3.8, 4) is 0 Å². The molecule has 0 fully saturated rings. The van der Waals surface area contributed by atoms with Gasteiger partial charge in [0.2, 0.25) is 0 Å². The molecular weight excluding hydrogens is 282 g/mol. The third-order valence-electron chi connectivity index (χ3n) is 3.47. The van der Waals surface area contributed by atoms with E-state index in [1.807, 2.05) is 30.3 Å². The Hall–Kier alpha value is -2.63. The lowest BCUT2D eigenvalue weighted by molar-refractivity contribution is -0.133. The molecule has 22 heavy (non-hydrogen) atoms. The molecule has 1 aromatic heterocycles. The van der Waals surface area contributed by atoms with E-state index in [1.165, 1.54) is 11.1 Å². The molecule has 0 unspecified atom stereocenters. The van der Waals surface area contributed by atoms with Gasteiger partial charge in [0.25, 0.3) is 5.91 Å². The van der Waals surface area contributed by atoms with Crippen molar-refractivity contribution in [1.29, 1.82) is 0 Å². The number of esters is 1. The second kappa shape index (κ2) is 6.89. The van der Waals surface area contributed by atoms with E-state index in [0.29, 0.717) is 17.8 Å². The molecule has 1 heterocycles. The fraction of sp³-hybridized carbons (Fsp3) is 0.312. The number of rotatable bonds is 5. The maximum Gasteiger partial charge on any atom is 0.342 e. The van der Waals surface area contributed by atoms with E-state index in [9.17, 15) is 9.59 Å². The van der Waals surface area contributed by atoms with Crippen molar-refractivity contribution in [2.45, 2.75) is 13.5 Å².